The molecule has 0 fully saturated rings. The zero-order valence-corrected chi connectivity index (χ0v) is 10.7. The van der Waals surface area contributed by atoms with Gasteiger partial charge in [-0.3, -0.25) is 9.78 Å². The third-order valence-corrected chi connectivity index (χ3v) is 2.29. The van der Waals surface area contributed by atoms with Crippen LogP contribution in [0.4, 0.5) is 0 Å². The summed E-state index contributed by atoms with van der Waals surface area (Å²) in [6.07, 6.45) is 7.71. The molecule has 0 aliphatic heterocycles. The molecule has 0 spiro atoms. The lowest BCUT2D eigenvalue weighted by Gasteiger charge is -2.17. The van der Waals surface area contributed by atoms with Gasteiger partial charge in [0, 0.05) is 25.0 Å². The van der Waals surface area contributed by atoms with Gasteiger partial charge in [0.25, 0.3) is 0 Å². The molecule has 3 nitrogen and oxygen atoms in total. The Morgan fingerprint density at radius 1 is 1.47 bits per heavy atom. The minimum Gasteiger partial charge on any atom is -0.353 e. The zero-order chi connectivity index (χ0) is 12.7. The van der Waals surface area contributed by atoms with Gasteiger partial charge in [0.2, 0.25) is 5.91 Å². The summed E-state index contributed by atoms with van der Waals surface area (Å²) in [7, 11) is 0. The second kappa shape index (κ2) is 6.18. The highest BCUT2D eigenvalue weighted by Crippen LogP contribution is 2.16. The largest absolute Gasteiger partial charge is 0.353 e. The summed E-state index contributed by atoms with van der Waals surface area (Å²) >= 11 is 0. The van der Waals surface area contributed by atoms with Crippen molar-refractivity contribution >= 4 is 12.0 Å². The first-order chi connectivity index (χ1) is 7.97. The molecule has 0 atom stereocenters. The van der Waals surface area contributed by atoms with Crippen molar-refractivity contribution in [1.29, 1.82) is 0 Å². The Labute approximate surface area is 103 Å². The number of hydrogen-bond acceptors (Lipinski definition) is 2. The van der Waals surface area contributed by atoms with Crippen LogP contribution in [-0.2, 0) is 4.79 Å². The van der Waals surface area contributed by atoms with Gasteiger partial charge in [0.05, 0.1) is 0 Å². The van der Waals surface area contributed by atoms with E-state index in [1.807, 2.05) is 12.1 Å². The molecule has 0 aromatic carbocycles. The van der Waals surface area contributed by atoms with E-state index in [0.29, 0.717) is 6.54 Å². The summed E-state index contributed by atoms with van der Waals surface area (Å²) in [4.78, 5) is 15.5. The third-order valence-electron chi connectivity index (χ3n) is 2.29. The van der Waals surface area contributed by atoms with Crippen molar-refractivity contribution in [2.24, 2.45) is 5.41 Å². The Morgan fingerprint density at radius 3 is 2.82 bits per heavy atom. The maximum Gasteiger partial charge on any atom is 0.244 e. The van der Waals surface area contributed by atoms with Crippen LogP contribution in [0.5, 0.6) is 0 Å². The number of nitrogens with zero attached hydrogens (tertiary/aromatic N) is 1. The Kier molecular flexibility index (Phi) is 4.88. The molecule has 1 N–H and O–H groups in total. The monoisotopic (exact) mass is 232 g/mol. The van der Waals surface area contributed by atoms with Gasteiger partial charge in [0.1, 0.15) is 0 Å². The molecule has 1 amide bonds. The molecule has 0 aliphatic rings. The maximum absolute atomic E-state index is 11.5. The third kappa shape index (κ3) is 6.51. The number of aromatic nitrogens is 1. The van der Waals surface area contributed by atoms with Crippen molar-refractivity contribution < 1.29 is 4.79 Å². The molecule has 17 heavy (non-hydrogen) atoms. The second-order valence-corrected chi connectivity index (χ2v) is 5.22. The van der Waals surface area contributed by atoms with Crippen molar-refractivity contribution in [2.75, 3.05) is 6.54 Å². The molecule has 1 heterocycles. The minimum absolute atomic E-state index is 0.0573. The Morgan fingerprint density at radius 2 is 2.24 bits per heavy atom. The fraction of sp³-hybridized carbons (Fsp3) is 0.429. The maximum atomic E-state index is 11.5. The van der Waals surface area contributed by atoms with Crippen LogP contribution in [0.1, 0.15) is 32.8 Å². The summed E-state index contributed by atoms with van der Waals surface area (Å²) in [5, 5.41) is 2.86. The molecule has 0 saturated carbocycles. The summed E-state index contributed by atoms with van der Waals surface area (Å²) in [5.41, 5.74) is 1.18. The predicted octanol–water partition coefficient (Wildman–Crippen LogP) is 2.65. The van der Waals surface area contributed by atoms with Gasteiger partial charge in [-0.2, -0.15) is 0 Å². The fourth-order valence-corrected chi connectivity index (χ4v) is 1.27. The van der Waals surface area contributed by atoms with Gasteiger partial charge in [0.15, 0.2) is 0 Å². The molecular formula is C14H20N2O. The van der Waals surface area contributed by atoms with Crippen LogP contribution < -0.4 is 5.32 Å². The summed E-state index contributed by atoms with van der Waals surface area (Å²) in [6.45, 7) is 7.18. The molecule has 92 valence electrons. The van der Waals surface area contributed by atoms with Gasteiger partial charge in [-0.1, -0.05) is 26.8 Å². The van der Waals surface area contributed by atoms with Crippen molar-refractivity contribution in [3.63, 3.8) is 0 Å². The standard InChI is InChI=1S/C14H20N2O/c1-14(2,3)8-10-16-13(17)7-6-12-5-4-9-15-11-12/h4-7,9,11H,8,10H2,1-3H3,(H,16,17)/b7-6+. The van der Waals surface area contributed by atoms with Crippen molar-refractivity contribution in [2.45, 2.75) is 27.2 Å². The molecule has 1 aromatic rings. The summed E-state index contributed by atoms with van der Waals surface area (Å²) in [5.74, 6) is -0.0573. The zero-order valence-electron chi connectivity index (χ0n) is 10.7. The van der Waals surface area contributed by atoms with Gasteiger partial charge < -0.3 is 5.32 Å². The molecular weight excluding hydrogens is 212 g/mol. The Bertz CT molecular complexity index is 377. The lowest BCUT2D eigenvalue weighted by Crippen LogP contribution is -2.25. The van der Waals surface area contributed by atoms with Crippen LogP contribution in [0.2, 0.25) is 0 Å². The number of carbonyl (C=O) groups is 1. The van der Waals surface area contributed by atoms with Gasteiger partial charge in [-0.25, -0.2) is 0 Å². The van der Waals surface area contributed by atoms with Gasteiger partial charge in [-0.05, 0) is 29.5 Å². The number of amides is 1. The first-order valence-electron chi connectivity index (χ1n) is 5.83. The molecule has 3 heteroatoms. The number of carbonyl (C=O) groups excluding carboxylic acids is 1. The van der Waals surface area contributed by atoms with E-state index in [2.05, 4.69) is 31.1 Å². The van der Waals surface area contributed by atoms with E-state index < -0.39 is 0 Å². The summed E-state index contributed by atoms with van der Waals surface area (Å²) < 4.78 is 0. The van der Waals surface area contributed by atoms with Crippen LogP contribution in [0.15, 0.2) is 30.6 Å². The van der Waals surface area contributed by atoms with Crippen LogP contribution in [0.3, 0.4) is 0 Å². The molecule has 0 radical (unpaired) electrons. The van der Waals surface area contributed by atoms with Crippen molar-refractivity contribution in [1.82, 2.24) is 10.3 Å². The number of pyridine rings is 1. The highest BCUT2D eigenvalue weighted by molar-refractivity contribution is 5.91. The van der Waals surface area contributed by atoms with E-state index in [-0.39, 0.29) is 11.3 Å². The van der Waals surface area contributed by atoms with E-state index in [9.17, 15) is 4.79 Å². The number of hydrogen-bond donors (Lipinski definition) is 1. The van der Waals surface area contributed by atoms with E-state index in [1.165, 1.54) is 0 Å². The smallest absolute Gasteiger partial charge is 0.244 e. The predicted molar refractivity (Wildman–Crippen MR) is 70.4 cm³/mol. The SMILES string of the molecule is CC(C)(C)CCNC(=O)/C=C/c1cccnc1. The summed E-state index contributed by atoms with van der Waals surface area (Å²) in [6, 6.07) is 3.75. The first-order valence-corrected chi connectivity index (χ1v) is 5.83. The van der Waals surface area contributed by atoms with Crippen LogP contribution in [0, 0.1) is 5.41 Å². The van der Waals surface area contributed by atoms with Crippen LogP contribution >= 0.6 is 0 Å². The van der Waals surface area contributed by atoms with Crippen molar-refractivity contribution in [3.05, 3.63) is 36.2 Å². The highest BCUT2D eigenvalue weighted by atomic mass is 16.1. The van der Waals surface area contributed by atoms with E-state index >= 15 is 0 Å². The molecule has 0 saturated heterocycles. The molecule has 0 aliphatic carbocycles. The average molecular weight is 232 g/mol. The van der Waals surface area contributed by atoms with Crippen LogP contribution in [0.25, 0.3) is 6.08 Å². The van der Waals surface area contributed by atoms with E-state index in [0.717, 1.165) is 12.0 Å². The minimum atomic E-state index is -0.0573. The first kappa shape index (κ1) is 13.4. The van der Waals surface area contributed by atoms with Gasteiger partial charge >= 0.3 is 0 Å². The highest BCUT2D eigenvalue weighted by Gasteiger charge is 2.09. The quantitative estimate of drug-likeness (QED) is 0.811. The number of rotatable bonds is 4. The molecule has 1 aromatic heterocycles. The van der Waals surface area contributed by atoms with E-state index in [1.54, 1.807) is 24.5 Å². The second-order valence-electron chi connectivity index (χ2n) is 5.22. The van der Waals surface area contributed by atoms with Crippen LogP contribution in [-0.4, -0.2) is 17.4 Å². The average Bonchev–Trinajstić information content (AvgIpc) is 2.26. The van der Waals surface area contributed by atoms with Crippen molar-refractivity contribution in [3.8, 4) is 0 Å². The lowest BCUT2D eigenvalue weighted by atomic mass is 9.92. The lowest BCUT2D eigenvalue weighted by molar-refractivity contribution is -0.116. The molecule has 0 unspecified atom stereocenters. The molecule has 1 rings (SSSR count). The normalized spacial score (nSPS) is 11.7. The topological polar surface area (TPSA) is 42.0 Å². The Hall–Kier alpha value is -1.64. The Balaban J connectivity index is 2.33. The molecule has 0 bridgehead atoms. The van der Waals surface area contributed by atoms with Gasteiger partial charge in [-0.15, -0.1) is 0 Å². The number of nitrogens with one attached hydrogen (secondary N) is 1. The van der Waals surface area contributed by atoms with E-state index in [4.69, 9.17) is 0 Å². The fourth-order valence-electron chi connectivity index (χ4n) is 1.27.